The standard InChI is InChI=1S/C28H40ClN7O4S/c1-16(2)40-25-12-21(19-8-9-30-20(11-19)15-39-7)18(5)10-23(25)33-28-31-13-22(29)26(34-28)32-24-14-36(6)35-27(24)41(37,38)17(3)4/h10,12-14,16-17,19-20,30H,8-9,11,15H2,1-7H3,(H2,31,32,33,34). The van der Waals surface area contributed by atoms with Gasteiger partial charge < -0.3 is 25.4 Å². The number of aryl methyl sites for hydroxylation is 2. The fourth-order valence-electron chi connectivity index (χ4n) is 4.96. The molecule has 0 aliphatic carbocycles. The van der Waals surface area contributed by atoms with Crippen molar-refractivity contribution >= 4 is 44.6 Å². The predicted octanol–water partition coefficient (Wildman–Crippen LogP) is 5.11. The number of nitrogens with one attached hydrogen (secondary N) is 3. The highest BCUT2D eigenvalue weighted by atomic mass is 35.5. The molecule has 1 aliphatic rings. The van der Waals surface area contributed by atoms with Crippen LogP contribution in [-0.2, 0) is 21.6 Å². The Hall–Kier alpha value is -2.93. The number of piperidine rings is 1. The van der Waals surface area contributed by atoms with Crippen LogP contribution in [0.15, 0.2) is 29.6 Å². The minimum Gasteiger partial charge on any atom is -0.489 e. The third-order valence-corrected chi connectivity index (χ3v) is 9.32. The zero-order chi connectivity index (χ0) is 29.9. The fourth-order valence-corrected chi connectivity index (χ4v) is 6.20. The lowest BCUT2D eigenvalue weighted by molar-refractivity contribution is 0.149. The van der Waals surface area contributed by atoms with Gasteiger partial charge in [-0.2, -0.15) is 10.1 Å². The number of halogens is 1. The minimum absolute atomic E-state index is 0.0457. The first-order valence-corrected chi connectivity index (χ1v) is 15.7. The number of rotatable bonds is 11. The molecule has 1 fully saturated rings. The fraction of sp³-hybridized carbons (Fsp3) is 0.536. The summed E-state index contributed by atoms with van der Waals surface area (Å²) in [6.07, 6.45) is 5.01. The zero-order valence-corrected chi connectivity index (χ0v) is 26.2. The van der Waals surface area contributed by atoms with Gasteiger partial charge in [0, 0.05) is 26.4 Å². The molecule has 3 heterocycles. The molecular formula is C28H40ClN7O4S. The zero-order valence-electron chi connectivity index (χ0n) is 24.7. The van der Waals surface area contributed by atoms with E-state index >= 15 is 0 Å². The molecule has 2 atom stereocenters. The second-order valence-corrected chi connectivity index (χ2v) is 13.8. The van der Waals surface area contributed by atoms with Crippen LogP contribution in [0.1, 0.15) is 57.6 Å². The van der Waals surface area contributed by atoms with Crippen LogP contribution in [0.3, 0.4) is 0 Å². The Kier molecular flexibility index (Phi) is 9.78. The van der Waals surface area contributed by atoms with Crippen molar-refractivity contribution in [3.63, 3.8) is 0 Å². The maximum absolute atomic E-state index is 12.9. The van der Waals surface area contributed by atoms with Gasteiger partial charge in [-0.15, -0.1) is 0 Å². The molecule has 0 amide bonds. The van der Waals surface area contributed by atoms with Gasteiger partial charge in [0.15, 0.2) is 5.82 Å². The smallest absolute Gasteiger partial charge is 0.229 e. The highest BCUT2D eigenvalue weighted by molar-refractivity contribution is 7.92. The lowest BCUT2D eigenvalue weighted by atomic mass is 9.84. The van der Waals surface area contributed by atoms with Gasteiger partial charge in [-0.05, 0) is 83.2 Å². The molecule has 1 aliphatic heterocycles. The maximum atomic E-state index is 12.9. The number of anilines is 4. The summed E-state index contributed by atoms with van der Waals surface area (Å²) in [5, 5.41) is 13.5. The summed E-state index contributed by atoms with van der Waals surface area (Å²) in [7, 11) is -0.258. The molecule has 1 saturated heterocycles. The first kappa shape index (κ1) is 31.0. The molecule has 2 aromatic heterocycles. The van der Waals surface area contributed by atoms with Crippen molar-refractivity contribution in [2.24, 2.45) is 7.05 Å². The van der Waals surface area contributed by atoms with Gasteiger partial charge in [0.05, 0.1) is 35.5 Å². The Bertz CT molecular complexity index is 1470. The van der Waals surface area contributed by atoms with Crippen LogP contribution in [-0.4, -0.2) is 65.8 Å². The van der Waals surface area contributed by atoms with E-state index in [1.165, 1.54) is 16.4 Å². The van der Waals surface area contributed by atoms with Crippen molar-refractivity contribution in [1.82, 2.24) is 25.1 Å². The number of methoxy groups -OCH3 is 1. The summed E-state index contributed by atoms with van der Waals surface area (Å²) in [4.78, 5) is 8.92. The van der Waals surface area contributed by atoms with Crippen LogP contribution in [0.2, 0.25) is 5.02 Å². The van der Waals surface area contributed by atoms with Crippen LogP contribution in [0.5, 0.6) is 5.75 Å². The number of aromatic nitrogens is 4. The summed E-state index contributed by atoms with van der Waals surface area (Å²) in [5.74, 6) is 1.61. The Morgan fingerprint density at radius 2 is 1.95 bits per heavy atom. The average molecular weight is 606 g/mol. The second-order valence-electron chi connectivity index (χ2n) is 11.0. The minimum atomic E-state index is -3.64. The molecule has 0 spiro atoms. The Morgan fingerprint density at radius 1 is 1.20 bits per heavy atom. The van der Waals surface area contributed by atoms with Crippen LogP contribution in [0.25, 0.3) is 0 Å². The summed E-state index contributed by atoms with van der Waals surface area (Å²) in [5.41, 5.74) is 3.40. The quantitative estimate of drug-likeness (QED) is 0.271. The van der Waals surface area contributed by atoms with Gasteiger partial charge in [0.2, 0.25) is 20.8 Å². The largest absolute Gasteiger partial charge is 0.489 e. The monoisotopic (exact) mass is 605 g/mol. The lowest BCUT2D eigenvalue weighted by Crippen LogP contribution is -2.40. The molecule has 2 unspecified atom stereocenters. The Balaban J connectivity index is 1.64. The highest BCUT2D eigenvalue weighted by Gasteiger charge is 2.28. The number of benzene rings is 1. The Labute approximate surface area is 247 Å². The SMILES string of the molecule is COCC1CC(c2cc(OC(C)C)c(Nc3ncc(Cl)c(Nc4cn(C)nc4S(=O)(=O)C(C)C)n3)cc2C)CCN1. The van der Waals surface area contributed by atoms with Gasteiger partial charge in [-0.1, -0.05) is 11.6 Å². The van der Waals surface area contributed by atoms with Gasteiger partial charge in [-0.25, -0.2) is 13.4 Å². The molecule has 41 heavy (non-hydrogen) atoms. The molecule has 0 saturated carbocycles. The van der Waals surface area contributed by atoms with Gasteiger partial charge >= 0.3 is 0 Å². The molecule has 3 N–H and O–H groups in total. The molecule has 3 aromatic rings. The van der Waals surface area contributed by atoms with E-state index in [1.54, 1.807) is 34.2 Å². The summed E-state index contributed by atoms with van der Waals surface area (Å²) in [6.45, 7) is 10.9. The summed E-state index contributed by atoms with van der Waals surface area (Å²) < 4.78 is 38.8. The molecular weight excluding hydrogens is 566 g/mol. The van der Waals surface area contributed by atoms with Gasteiger partial charge in [0.25, 0.3) is 0 Å². The first-order valence-electron chi connectivity index (χ1n) is 13.8. The number of nitrogens with zero attached hydrogens (tertiary/aromatic N) is 4. The third-order valence-electron chi connectivity index (χ3n) is 6.96. The normalized spacial score (nSPS) is 17.7. The van der Waals surface area contributed by atoms with Crippen LogP contribution >= 0.6 is 11.6 Å². The Morgan fingerprint density at radius 3 is 2.63 bits per heavy atom. The summed E-state index contributed by atoms with van der Waals surface area (Å²) >= 11 is 6.42. The molecule has 1 aromatic carbocycles. The van der Waals surface area contributed by atoms with Crippen LogP contribution in [0, 0.1) is 6.92 Å². The van der Waals surface area contributed by atoms with E-state index in [2.05, 4.69) is 50.1 Å². The molecule has 13 heteroatoms. The van der Waals surface area contributed by atoms with Crippen molar-refractivity contribution in [3.05, 3.63) is 40.7 Å². The van der Waals surface area contributed by atoms with E-state index in [-0.39, 0.29) is 33.6 Å². The summed E-state index contributed by atoms with van der Waals surface area (Å²) in [6, 6.07) is 4.49. The van der Waals surface area contributed by atoms with Crippen molar-refractivity contribution in [2.45, 2.75) is 75.8 Å². The van der Waals surface area contributed by atoms with Crippen molar-refractivity contribution < 1.29 is 17.9 Å². The van der Waals surface area contributed by atoms with Crippen molar-refractivity contribution in [1.29, 1.82) is 0 Å². The topological polar surface area (TPSA) is 132 Å². The second kappa shape index (κ2) is 12.9. The third kappa shape index (κ3) is 7.29. The molecule has 0 bridgehead atoms. The van der Waals surface area contributed by atoms with E-state index in [1.807, 2.05) is 13.8 Å². The number of ether oxygens (including phenoxy) is 2. The van der Waals surface area contributed by atoms with Crippen LogP contribution < -0.4 is 20.7 Å². The van der Waals surface area contributed by atoms with Crippen molar-refractivity contribution in [3.8, 4) is 5.75 Å². The maximum Gasteiger partial charge on any atom is 0.229 e. The predicted molar refractivity (Wildman–Crippen MR) is 162 cm³/mol. The average Bonchev–Trinajstić information content (AvgIpc) is 3.28. The highest BCUT2D eigenvalue weighted by Crippen LogP contribution is 2.38. The van der Waals surface area contributed by atoms with Crippen molar-refractivity contribution in [2.75, 3.05) is 30.9 Å². The van der Waals surface area contributed by atoms with E-state index in [4.69, 9.17) is 21.1 Å². The van der Waals surface area contributed by atoms with Gasteiger partial charge in [0.1, 0.15) is 10.8 Å². The van der Waals surface area contributed by atoms with E-state index in [9.17, 15) is 8.42 Å². The van der Waals surface area contributed by atoms with E-state index < -0.39 is 15.1 Å². The van der Waals surface area contributed by atoms with E-state index in [0.29, 0.717) is 24.3 Å². The molecule has 0 radical (unpaired) electrons. The molecule has 224 valence electrons. The molecule has 4 rings (SSSR count). The van der Waals surface area contributed by atoms with E-state index in [0.717, 1.165) is 30.6 Å². The number of sulfone groups is 1. The van der Waals surface area contributed by atoms with Crippen LogP contribution in [0.4, 0.5) is 23.1 Å². The van der Waals surface area contributed by atoms with Gasteiger partial charge in [-0.3, -0.25) is 4.68 Å². The molecule has 11 nitrogen and oxygen atoms in total. The number of hydrogen-bond donors (Lipinski definition) is 3. The first-order chi connectivity index (χ1) is 19.4. The lowest BCUT2D eigenvalue weighted by Gasteiger charge is -2.31. The number of hydrogen-bond acceptors (Lipinski definition) is 10.